The van der Waals surface area contributed by atoms with Crippen LogP contribution in [0.2, 0.25) is 5.02 Å². The summed E-state index contributed by atoms with van der Waals surface area (Å²) >= 11 is 6.09. The number of amides is 2. The third-order valence-electron chi connectivity index (χ3n) is 7.84. The maximum absolute atomic E-state index is 14.1. The van der Waals surface area contributed by atoms with Gasteiger partial charge in [0.05, 0.1) is 10.6 Å². The van der Waals surface area contributed by atoms with Crippen LogP contribution in [0.25, 0.3) is 0 Å². The Bertz CT molecular complexity index is 1440. The monoisotopic (exact) mass is 609 g/mol. The van der Waals surface area contributed by atoms with Gasteiger partial charge in [0.25, 0.3) is 10.0 Å². The average molecular weight is 610 g/mol. The zero-order valence-electron chi connectivity index (χ0n) is 24.5. The Labute approximate surface area is 254 Å². The third-order valence-corrected chi connectivity index (χ3v) is 9.88. The van der Waals surface area contributed by atoms with Gasteiger partial charge in [-0.05, 0) is 73.2 Å². The predicted molar refractivity (Wildman–Crippen MR) is 168 cm³/mol. The smallest absolute Gasteiger partial charge is 0.264 e. The Morgan fingerprint density at radius 3 is 2.10 bits per heavy atom. The summed E-state index contributed by atoms with van der Waals surface area (Å²) in [7, 11) is -4.10. The minimum atomic E-state index is -4.10. The lowest BCUT2D eigenvalue weighted by atomic mass is 9.95. The van der Waals surface area contributed by atoms with Gasteiger partial charge in [-0.2, -0.15) is 0 Å². The number of benzene rings is 3. The largest absolute Gasteiger partial charge is 0.352 e. The summed E-state index contributed by atoms with van der Waals surface area (Å²) in [5, 5.41) is 3.68. The van der Waals surface area contributed by atoms with Crippen LogP contribution in [0, 0.1) is 0 Å². The van der Waals surface area contributed by atoms with Crippen molar-refractivity contribution in [1.29, 1.82) is 0 Å². The summed E-state index contributed by atoms with van der Waals surface area (Å²) in [5.74, 6) is -0.468. The van der Waals surface area contributed by atoms with E-state index in [0.29, 0.717) is 10.7 Å². The molecule has 0 aromatic heterocycles. The first kappa shape index (κ1) is 31.6. The van der Waals surface area contributed by atoms with Gasteiger partial charge in [-0.25, -0.2) is 8.42 Å². The molecule has 42 heavy (non-hydrogen) atoms. The Morgan fingerprint density at radius 1 is 0.881 bits per heavy atom. The van der Waals surface area contributed by atoms with Crippen LogP contribution in [0.3, 0.4) is 0 Å². The molecule has 224 valence electrons. The fraction of sp³-hybridized carbons (Fsp3) is 0.394. The van der Waals surface area contributed by atoms with Gasteiger partial charge in [-0.15, -0.1) is 0 Å². The lowest BCUT2D eigenvalue weighted by Gasteiger charge is -2.33. The van der Waals surface area contributed by atoms with Crippen LogP contribution in [0.1, 0.15) is 69.9 Å². The molecular weight excluding hydrogens is 570 g/mol. The van der Waals surface area contributed by atoms with E-state index < -0.39 is 28.5 Å². The van der Waals surface area contributed by atoms with E-state index in [4.69, 9.17) is 11.6 Å². The first-order valence-electron chi connectivity index (χ1n) is 14.6. The molecule has 0 unspecified atom stereocenters. The number of carbonyl (C=O) groups is 2. The molecule has 0 radical (unpaired) electrons. The third kappa shape index (κ3) is 7.92. The van der Waals surface area contributed by atoms with Crippen LogP contribution in [0.4, 0.5) is 5.69 Å². The van der Waals surface area contributed by atoms with E-state index in [-0.39, 0.29) is 29.3 Å². The van der Waals surface area contributed by atoms with E-state index in [1.54, 1.807) is 61.5 Å². The number of hydrogen-bond acceptors (Lipinski definition) is 4. The van der Waals surface area contributed by atoms with Crippen LogP contribution in [0.15, 0.2) is 83.8 Å². The van der Waals surface area contributed by atoms with Crippen molar-refractivity contribution in [2.45, 2.75) is 82.3 Å². The molecule has 9 heteroatoms. The van der Waals surface area contributed by atoms with Crippen molar-refractivity contribution in [3.63, 3.8) is 0 Å². The van der Waals surface area contributed by atoms with E-state index in [9.17, 15) is 18.0 Å². The molecule has 4 rings (SSSR count). The number of rotatable bonds is 11. The fourth-order valence-corrected chi connectivity index (χ4v) is 6.77. The maximum Gasteiger partial charge on any atom is 0.264 e. The van der Waals surface area contributed by atoms with Crippen molar-refractivity contribution in [2.75, 3.05) is 10.8 Å². The van der Waals surface area contributed by atoms with E-state index in [2.05, 4.69) is 19.2 Å². The number of halogens is 1. The number of nitrogens with zero attached hydrogens (tertiary/aromatic N) is 2. The van der Waals surface area contributed by atoms with Gasteiger partial charge in [0, 0.05) is 17.6 Å². The van der Waals surface area contributed by atoms with Gasteiger partial charge in [-0.1, -0.05) is 87.2 Å². The summed E-state index contributed by atoms with van der Waals surface area (Å²) in [5.41, 5.74) is 2.21. The topological polar surface area (TPSA) is 86.8 Å². The van der Waals surface area contributed by atoms with E-state index in [1.807, 2.05) is 12.1 Å². The van der Waals surface area contributed by atoms with E-state index in [0.717, 1.165) is 47.5 Å². The van der Waals surface area contributed by atoms with Crippen molar-refractivity contribution in [1.82, 2.24) is 10.2 Å². The first-order chi connectivity index (χ1) is 20.1. The van der Waals surface area contributed by atoms with Crippen molar-refractivity contribution < 1.29 is 18.0 Å². The van der Waals surface area contributed by atoms with Gasteiger partial charge in [-0.3, -0.25) is 13.9 Å². The molecule has 0 saturated heterocycles. The highest BCUT2D eigenvalue weighted by atomic mass is 35.5. The van der Waals surface area contributed by atoms with Crippen molar-refractivity contribution in [3.05, 3.63) is 95.0 Å². The summed E-state index contributed by atoms with van der Waals surface area (Å²) in [6.45, 7) is 5.48. The molecule has 3 aromatic rings. The lowest BCUT2D eigenvalue weighted by molar-refractivity contribution is -0.139. The highest BCUT2D eigenvalue weighted by Gasteiger charge is 2.33. The average Bonchev–Trinajstić information content (AvgIpc) is 3.00. The Morgan fingerprint density at radius 2 is 1.50 bits per heavy atom. The Balaban J connectivity index is 1.67. The Hall–Kier alpha value is -3.36. The molecule has 0 spiro atoms. The van der Waals surface area contributed by atoms with Crippen LogP contribution in [-0.4, -0.2) is 43.8 Å². The minimum Gasteiger partial charge on any atom is -0.352 e. The van der Waals surface area contributed by atoms with Crippen molar-refractivity contribution in [3.8, 4) is 0 Å². The molecule has 0 aliphatic heterocycles. The molecule has 0 heterocycles. The molecule has 3 aromatic carbocycles. The second kappa shape index (κ2) is 14.2. The molecule has 1 aliphatic carbocycles. The standard InChI is InChI=1S/C33H40ClN3O4S/c1-24(2)27-16-20-30(21-17-27)37(42(40,41)31-12-8-5-9-13-31)23-32(38)36(22-26-14-18-28(34)19-15-26)25(3)33(39)35-29-10-6-4-7-11-29/h5,8-9,12-21,24-25,29H,4,6-7,10-11,22-23H2,1-3H3,(H,35,39)/t25-/m1/s1. The molecular formula is C33H40ClN3O4S. The summed E-state index contributed by atoms with van der Waals surface area (Å²) in [6, 6.07) is 21.6. The lowest BCUT2D eigenvalue weighted by Crippen LogP contribution is -2.53. The molecule has 0 bridgehead atoms. The number of nitrogens with one attached hydrogen (secondary N) is 1. The van der Waals surface area contributed by atoms with Gasteiger partial charge < -0.3 is 10.2 Å². The highest BCUT2D eigenvalue weighted by molar-refractivity contribution is 7.92. The van der Waals surface area contributed by atoms with Crippen LogP contribution in [0.5, 0.6) is 0 Å². The Kier molecular flexibility index (Phi) is 10.7. The first-order valence-corrected chi connectivity index (χ1v) is 16.4. The van der Waals surface area contributed by atoms with Crippen LogP contribution < -0.4 is 9.62 Å². The number of carbonyl (C=O) groups excluding carboxylic acids is 2. The van der Waals surface area contributed by atoms with E-state index >= 15 is 0 Å². The van der Waals surface area contributed by atoms with Gasteiger partial charge in [0.2, 0.25) is 11.8 Å². The van der Waals surface area contributed by atoms with Crippen molar-refractivity contribution in [2.24, 2.45) is 0 Å². The normalized spacial score (nSPS) is 14.8. The quantitative estimate of drug-likeness (QED) is 0.268. The van der Waals surface area contributed by atoms with Crippen LogP contribution >= 0.6 is 11.6 Å². The summed E-state index contributed by atoms with van der Waals surface area (Å²) in [4.78, 5) is 29.1. The molecule has 1 N–H and O–H groups in total. The highest BCUT2D eigenvalue weighted by Crippen LogP contribution is 2.27. The summed E-state index contributed by atoms with van der Waals surface area (Å²) < 4.78 is 29.0. The zero-order chi connectivity index (χ0) is 30.3. The molecule has 7 nitrogen and oxygen atoms in total. The van der Waals surface area contributed by atoms with E-state index in [1.165, 1.54) is 17.0 Å². The van der Waals surface area contributed by atoms with Crippen molar-refractivity contribution >= 4 is 39.1 Å². The maximum atomic E-state index is 14.1. The number of sulfonamides is 1. The molecule has 1 aliphatic rings. The molecule has 1 fully saturated rings. The second-order valence-electron chi connectivity index (χ2n) is 11.2. The SMILES string of the molecule is CC(C)c1ccc(N(CC(=O)N(Cc2ccc(Cl)cc2)[C@H](C)C(=O)NC2CCCCC2)S(=O)(=O)c2ccccc2)cc1. The zero-order valence-corrected chi connectivity index (χ0v) is 26.1. The van der Waals surface area contributed by atoms with Crippen LogP contribution in [-0.2, 0) is 26.2 Å². The number of hydrogen-bond donors (Lipinski definition) is 1. The fourth-order valence-electron chi connectivity index (χ4n) is 5.21. The second-order valence-corrected chi connectivity index (χ2v) is 13.5. The van der Waals surface area contributed by atoms with Gasteiger partial charge >= 0.3 is 0 Å². The molecule has 2 amide bonds. The minimum absolute atomic E-state index is 0.0793. The number of anilines is 1. The summed E-state index contributed by atoms with van der Waals surface area (Å²) in [6.07, 6.45) is 5.12. The van der Waals surface area contributed by atoms with Gasteiger partial charge in [0.1, 0.15) is 12.6 Å². The molecule has 1 atom stereocenters. The van der Waals surface area contributed by atoms with Gasteiger partial charge in [0.15, 0.2) is 0 Å². The predicted octanol–water partition coefficient (Wildman–Crippen LogP) is 6.52. The molecule has 1 saturated carbocycles.